The Bertz CT molecular complexity index is 565. The van der Waals surface area contributed by atoms with Crippen molar-refractivity contribution in [2.75, 3.05) is 18.1 Å². The van der Waals surface area contributed by atoms with Gasteiger partial charge in [-0.15, -0.1) is 0 Å². The van der Waals surface area contributed by atoms with Crippen LogP contribution < -0.4 is 10.1 Å². The van der Waals surface area contributed by atoms with Crippen LogP contribution in [0.2, 0.25) is 0 Å². The van der Waals surface area contributed by atoms with Gasteiger partial charge in [-0.1, -0.05) is 12.1 Å². The Morgan fingerprint density at radius 1 is 1.35 bits per heavy atom. The van der Waals surface area contributed by atoms with Crippen molar-refractivity contribution < 1.29 is 17.9 Å². The van der Waals surface area contributed by atoms with Crippen molar-refractivity contribution in [3.05, 3.63) is 29.8 Å². The number of carbonyl (C=O) groups excluding carboxylic acids is 1. The van der Waals surface area contributed by atoms with Crippen LogP contribution in [0.1, 0.15) is 18.9 Å². The van der Waals surface area contributed by atoms with Crippen LogP contribution in [0.15, 0.2) is 24.3 Å². The fourth-order valence-corrected chi connectivity index (χ4v) is 3.92. The quantitative estimate of drug-likeness (QED) is 0.877. The molecule has 6 heteroatoms. The Morgan fingerprint density at radius 2 is 2.05 bits per heavy atom. The van der Waals surface area contributed by atoms with Crippen LogP contribution in [-0.2, 0) is 21.1 Å². The molecular weight excluding hydrogens is 278 g/mol. The van der Waals surface area contributed by atoms with Crippen LogP contribution >= 0.6 is 0 Å². The molecule has 1 atom stereocenters. The maximum absolute atomic E-state index is 11.9. The zero-order valence-corrected chi connectivity index (χ0v) is 12.3. The molecule has 1 heterocycles. The molecule has 1 aliphatic rings. The van der Waals surface area contributed by atoms with Gasteiger partial charge in [0, 0.05) is 6.04 Å². The van der Waals surface area contributed by atoms with Crippen LogP contribution in [0.4, 0.5) is 0 Å². The van der Waals surface area contributed by atoms with Crippen LogP contribution in [0.3, 0.4) is 0 Å². The highest BCUT2D eigenvalue weighted by Crippen LogP contribution is 2.14. The Morgan fingerprint density at radius 3 is 2.60 bits per heavy atom. The largest absolute Gasteiger partial charge is 0.494 e. The monoisotopic (exact) mass is 297 g/mol. The summed E-state index contributed by atoms with van der Waals surface area (Å²) in [7, 11) is -2.96. The molecule has 0 saturated carbocycles. The molecule has 110 valence electrons. The summed E-state index contributed by atoms with van der Waals surface area (Å²) in [6.45, 7) is 2.52. The summed E-state index contributed by atoms with van der Waals surface area (Å²) < 4.78 is 28.0. The van der Waals surface area contributed by atoms with E-state index in [1.165, 1.54) is 0 Å². The maximum atomic E-state index is 11.9. The van der Waals surface area contributed by atoms with Crippen molar-refractivity contribution in [1.29, 1.82) is 0 Å². The van der Waals surface area contributed by atoms with Gasteiger partial charge in [0.2, 0.25) is 5.91 Å². The smallest absolute Gasteiger partial charge is 0.224 e. The molecule has 0 spiro atoms. The van der Waals surface area contributed by atoms with E-state index in [-0.39, 0.29) is 29.9 Å². The third-order valence-electron chi connectivity index (χ3n) is 3.20. The molecular formula is C14H19NO4S. The molecule has 1 saturated heterocycles. The number of hydrogen-bond donors (Lipinski definition) is 1. The zero-order valence-electron chi connectivity index (χ0n) is 11.5. The second-order valence-corrected chi connectivity index (χ2v) is 7.15. The molecule has 1 aliphatic heterocycles. The van der Waals surface area contributed by atoms with Gasteiger partial charge in [-0.25, -0.2) is 8.42 Å². The first-order valence-corrected chi connectivity index (χ1v) is 8.52. The molecule has 2 rings (SSSR count). The predicted molar refractivity (Wildman–Crippen MR) is 76.5 cm³/mol. The topological polar surface area (TPSA) is 72.5 Å². The van der Waals surface area contributed by atoms with Crippen molar-refractivity contribution in [3.8, 4) is 5.75 Å². The lowest BCUT2D eigenvalue weighted by molar-refractivity contribution is -0.121. The number of sulfone groups is 1. The second-order valence-electron chi connectivity index (χ2n) is 4.92. The molecule has 1 fully saturated rings. The summed E-state index contributed by atoms with van der Waals surface area (Å²) in [5.74, 6) is 0.859. The molecule has 0 unspecified atom stereocenters. The van der Waals surface area contributed by atoms with E-state index in [0.29, 0.717) is 13.0 Å². The Labute approximate surface area is 119 Å². The molecule has 1 amide bonds. The third-order valence-corrected chi connectivity index (χ3v) is 4.96. The van der Waals surface area contributed by atoms with Gasteiger partial charge in [-0.05, 0) is 31.0 Å². The Kier molecular flexibility index (Phi) is 4.65. The molecule has 0 radical (unpaired) electrons. The molecule has 1 N–H and O–H groups in total. The lowest BCUT2D eigenvalue weighted by Crippen LogP contribution is -2.36. The van der Waals surface area contributed by atoms with Crippen LogP contribution in [-0.4, -0.2) is 38.5 Å². The number of benzene rings is 1. The molecule has 5 nitrogen and oxygen atoms in total. The summed E-state index contributed by atoms with van der Waals surface area (Å²) in [6, 6.07) is 7.10. The zero-order chi connectivity index (χ0) is 14.6. The van der Waals surface area contributed by atoms with Crippen molar-refractivity contribution in [2.24, 2.45) is 0 Å². The molecule has 1 aromatic carbocycles. The van der Waals surface area contributed by atoms with Gasteiger partial charge < -0.3 is 10.1 Å². The fraction of sp³-hybridized carbons (Fsp3) is 0.500. The second kappa shape index (κ2) is 6.26. The van der Waals surface area contributed by atoms with Gasteiger partial charge in [0.05, 0.1) is 24.5 Å². The third kappa shape index (κ3) is 4.23. The number of amides is 1. The molecule has 20 heavy (non-hydrogen) atoms. The molecule has 1 aromatic rings. The van der Waals surface area contributed by atoms with Gasteiger partial charge in [0.1, 0.15) is 5.75 Å². The highest BCUT2D eigenvalue weighted by molar-refractivity contribution is 7.91. The van der Waals surface area contributed by atoms with Gasteiger partial charge in [-0.2, -0.15) is 0 Å². The van der Waals surface area contributed by atoms with Gasteiger partial charge >= 0.3 is 0 Å². The standard InChI is InChI=1S/C14H19NO4S/c1-2-19-13-5-3-11(4-6-13)9-14(16)15-12-7-8-20(17,18)10-12/h3-6,12H,2,7-10H2,1H3,(H,15,16)/t12-/m0/s1. The first-order valence-electron chi connectivity index (χ1n) is 6.70. The number of hydrogen-bond acceptors (Lipinski definition) is 4. The summed E-state index contributed by atoms with van der Waals surface area (Å²) in [4.78, 5) is 11.9. The Hall–Kier alpha value is -1.56. The van der Waals surface area contributed by atoms with E-state index in [2.05, 4.69) is 5.32 Å². The van der Waals surface area contributed by atoms with Gasteiger partial charge in [-0.3, -0.25) is 4.79 Å². The van der Waals surface area contributed by atoms with Crippen molar-refractivity contribution in [1.82, 2.24) is 5.32 Å². The average molecular weight is 297 g/mol. The summed E-state index contributed by atoms with van der Waals surface area (Å²) in [5.41, 5.74) is 0.881. The first-order chi connectivity index (χ1) is 9.48. The fourth-order valence-electron chi connectivity index (χ4n) is 2.24. The van der Waals surface area contributed by atoms with E-state index in [0.717, 1.165) is 11.3 Å². The van der Waals surface area contributed by atoms with Crippen molar-refractivity contribution in [3.63, 3.8) is 0 Å². The van der Waals surface area contributed by atoms with Crippen LogP contribution in [0.25, 0.3) is 0 Å². The number of ether oxygens (including phenoxy) is 1. The minimum atomic E-state index is -2.96. The van der Waals surface area contributed by atoms with Crippen molar-refractivity contribution in [2.45, 2.75) is 25.8 Å². The number of carbonyl (C=O) groups is 1. The first kappa shape index (κ1) is 14.8. The highest BCUT2D eigenvalue weighted by atomic mass is 32.2. The molecule has 0 aliphatic carbocycles. The van der Waals surface area contributed by atoms with E-state index in [4.69, 9.17) is 4.74 Å². The van der Waals surface area contributed by atoms with Gasteiger partial charge in [0.15, 0.2) is 9.84 Å². The van der Waals surface area contributed by atoms with E-state index >= 15 is 0 Å². The SMILES string of the molecule is CCOc1ccc(CC(=O)N[C@H]2CCS(=O)(=O)C2)cc1. The number of nitrogens with one attached hydrogen (secondary N) is 1. The number of rotatable bonds is 5. The Balaban J connectivity index is 1.85. The average Bonchev–Trinajstić information content (AvgIpc) is 2.71. The minimum Gasteiger partial charge on any atom is -0.494 e. The minimum absolute atomic E-state index is 0.0576. The lowest BCUT2D eigenvalue weighted by atomic mass is 10.1. The van der Waals surface area contributed by atoms with E-state index in [1.54, 1.807) is 0 Å². The van der Waals surface area contributed by atoms with E-state index < -0.39 is 9.84 Å². The summed E-state index contributed by atoms with van der Waals surface area (Å²) in [5, 5.41) is 2.77. The molecule has 0 aromatic heterocycles. The maximum Gasteiger partial charge on any atom is 0.224 e. The predicted octanol–water partition coefficient (Wildman–Crippen LogP) is 0.931. The summed E-state index contributed by atoms with van der Waals surface area (Å²) in [6.07, 6.45) is 0.764. The summed E-state index contributed by atoms with van der Waals surface area (Å²) >= 11 is 0. The lowest BCUT2D eigenvalue weighted by Gasteiger charge is -2.11. The molecule has 0 bridgehead atoms. The van der Waals surface area contributed by atoms with Crippen LogP contribution in [0.5, 0.6) is 5.75 Å². The normalized spacial score (nSPS) is 20.6. The highest BCUT2D eigenvalue weighted by Gasteiger charge is 2.28. The van der Waals surface area contributed by atoms with Crippen LogP contribution in [0, 0.1) is 0 Å². The van der Waals surface area contributed by atoms with Crippen molar-refractivity contribution >= 4 is 15.7 Å². The van der Waals surface area contributed by atoms with E-state index in [1.807, 2.05) is 31.2 Å². The van der Waals surface area contributed by atoms with Gasteiger partial charge in [0.25, 0.3) is 0 Å². The van der Waals surface area contributed by atoms with E-state index in [9.17, 15) is 13.2 Å².